The fraction of sp³-hybridized carbons (Fsp3) is 0.0667. The first-order valence-electron chi connectivity index (χ1n) is 6.37. The second kappa shape index (κ2) is 4.66. The van der Waals surface area contributed by atoms with Crippen molar-refractivity contribution in [1.29, 1.82) is 0 Å². The maximum atomic E-state index is 11.4. The predicted molar refractivity (Wildman–Crippen MR) is 78.5 cm³/mol. The molecule has 0 aromatic heterocycles. The molecular formula is C15H12N2O5. The highest BCUT2D eigenvalue weighted by molar-refractivity contribution is 5.99. The standard InChI is InChI=1S/C15H12N2O5/c16-8-1-3-10-6(12(8)14(18)19)5-7-11(22-10)4-2-9(17)13(7)15(20)21/h1-4H,5,16-17H2,(H,18,19)(H,20,21). The van der Waals surface area contributed by atoms with Crippen LogP contribution in [-0.2, 0) is 6.42 Å². The van der Waals surface area contributed by atoms with Crippen LogP contribution in [0.4, 0.5) is 11.4 Å². The predicted octanol–water partition coefficient (Wildman–Crippen LogP) is 1.94. The van der Waals surface area contributed by atoms with Gasteiger partial charge in [0.15, 0.2) is 0 Å². The molecule has 0 bridgehead atoms. The van der Waals surface area contributed by atoms with Crippen LogP contribution in [0.3, 0.4) is 0 Å². The number of benzene rings is 2. The summed E-state index contributed by atoms with van der Waals surface area (Å²) in [7, 11) is 0. The van der Waals surface area contributed by atoms with E-state index < -0.39 is 11.9 Å². The van der Waals surface area contributed by atoms with Gasteiger partial charge in [-0.1, -0.05) is 0 Å². The molecule has 0 unspecified atom stereocenters. The lowest BCUT2D eigenvalue weighted by Gasteiger charge is -2.24. The Labute approximate surface area is 124 Å². The number of carbonyl (C=O) groups is 2. The van der Waals surface area contributed by atoms with E-state index in [2.05, 4.69) is 0 Å². The van der Waals surface area contributed by atoms with Crippen LogP contribution in [0, 0.1) is 0 Å². The minimum atomic E-state index is -1.19. The summed E-state index contributed by atoms with van der Waals surface area (Å²) >= 11 is 0. The van der Waals surface area contributed by atoms with Crippen molar-refractivity contribution in [3.63, 3.8) is 0 Å². The third-order valence-corrected chi connectivity index (χ3v) is 3.61. The molecule has 6 N–H and O–H groups in total. The minimum Gasteiger partial charge on any atom is -0.478 e. The summed E-state index contributed by atoms with van der Waals surface area (Å²) in [4.78, 5) is 22.8. The normalized spacial score (nSPS) is 12.0. The van der Waals surface area contributed by atoms with E-state index in [1.54, 1.807) is 12.1 Å². The Hall–Kier alpha value is -3.22. The van der Waals surface area contributed by atoms with Gasteiger partial charge in [-0.05, 0) is 24.3 Å². The summed E-state index contributed by atoms with van der Waals surface area (Å²) in [6.45, 7) is 0. The molecule has 2 aromatic rings. The fourth-order valence-corrected chi connectivity index (χ4v) is 2.64. The van der Waals surface area contributed by atoms with Crippen LogP contribution in [0.5, 0.6) is 11.5 Å². The number of anilines is 2. The largest absolute Gasteiger partial charge is 0.478 e. The molecule has 0 saturated carbocycles. The molecule has 22 heavy (non-hydrogen) atoms. The number of nitrogen functional groups attached to an aromatic ring is 2. The lowest BCUT2D eigenvalue weighted by molar-refractivity contribution is 0.0687. The summed E-state index contributed by atoms with van der Waals surface area (Å²) in [6, 6.07) is 6.03. The van der Waals surface area contributed by atoms with Crippen molar-refractivity contribution < 1.29 is 24.5 Å². The molecule has 0 radical (unpaired) electrons. The Kier molecular flexibility index (Phi) is 2.91. The van der Waals surface area contributed by atoms with E-state index in [1.165, 1.54) is 12.1 Å². The molecule has 0 amide bonds. The van der Waals surface area contributed by atoms with Gasteiger partial charge in [0.2, 0.25) is 0 Å². The van der Waals surface area contributed by atoms with Crippen molar-refractivity contribution in [3.05, 3.63) is 46.5 Å². The van der Waals surface area contributed by atoms with Crippen molar-refractivity contribution in [2.75, 3.05) is 11.5 Å². The number of hydrogen-bond donors (Lipinski definition) is 4. The molecule has 1 aliphatic heterocycles. The molecule has 0 atom stereocenters. The van der Waals surface area contributed by atoms with E-state index in [9.17, 15) is 19.8 Å². The maximum Gasteiger partial charge on any atom is 0.338 e. The molecular weight excluding hydrogens is 288 g/mol. The fourth-order valence-electron chi connectivity index (χ4n) is 2.64. The summed E-state index contributed by atoms with van der Waals surface area (Å²) < 4.78 is 5.63. The zero-order chi connectivity index (χ0) is 16.0. The Bertz CT molecular complexity index is 762. The first-order chi connectivity index (χ1) is 10.4. The second-order valence-corrected chi connectivity index (χ2v) is 4.90. The minimum absolute atomic E-state index is 0.0734. The van der Waals surface area contributed by atoms with E-state index in [-0.39, 0.29) is 28.9 Å². The van der Waals surface area contributed by atoms with E-state index in [0.717, 1.165) is 0 Å². The Morgan fingerprint density at radius 3 is 1.64 bits per heavy atom. The summed E-state index contributed by atoms with van der Waals surface area (Å²) in [5.74, 6) is -1.69. The molecule has 0 saturated heterocycles. The van der Waals surface area contributed by atoms with Gasteiger partial charge < -0.3 is 26.4 Å². The van der Waals surface area contributed by atoms with Crippen molar-refractivity contribution in [3.8, 4) is 11.5 Å². The van der Waals surface area contributed by atoms with E-state index >= 15 is 0 Å². The topological polar surface area (TPSA) is 136 Å². The number of hydrogen-bond acceptors (Lipinski definition) is 5. The number of nitrogens with two attached hydrogens (primary N) is 2. The SMILES string of the molecule is Nc1ccc2c(c1C(=O)O)Cc1c(ccc(N)c1C(=O)O)O2. The van der Waals surface area contributed by atoms with E-state index in [4.69, 9.17) is 16.2 Å². The van der Waals surface area contributed by atoms with Crippen molar-refractivity contribution >= 4 is 23.3 Å². The molecule has 7 heteroatoms. The average Bonchev–Trinajstić information content (AvgIpc) is 2.44. The molecule has 0 aliphatic carbocycles. The van der Waals surface area contributed by atoms with Gasteiger partial charge in [0.05, 0.1) is 11.1 Å². The van der Waals surface area contributed by atoms with Gasteiger partial charge in [-0.15, -0.1) is 0 Å². The summed E-state index contributed by atoms with van der Waals surface area (Å²) in [5, 5.41) is 18.7. The number of aromatic carboxylic acids is 2. The van der Waals surface area contributed by atoms with Gasteiger partial charge in [0, 0.05) is 28.9 Å². The second-order valence-electron chi connectivity index (χ2n) is 4.90. The Morgan fingerprint density at radius 1 is 0.864 bits per heavy atom. The van der Waals surface area contributed by atoms with Crippen molar-refractivity contribution in [1.82, 2.24) is 0 Å². The van der Waals surface area contributed by atoms with Crippen LogP contribution in [0.25, 0.3) is 0 Å². The molecule has 0 fully saturated rings. The van der Waals surface area contributed by atoms with E-state index in [0.29, 0.717) is 22.6 Å². The highest BCUT2D eigenvalue weighted by Crippen LogP contribution is 2.42. The third kappa shape index (κ3) is 1.91. The van der Waals surface area contributed by atoms with Crippen LogP contribution in [0.1, 0.15) is 31.8 Å². The molecule has 1 heterocycles. The first kappa shape index (κ1) is 13.7. The van der Waals surface area contributed by atoms with Gasteiger partial charge in [0.25, 0.3) is 0 Å². The lowest BCUT2D eigenvalue weighted by Crippen LogP contribution is -2.16. The van der Waals surface area contributed by atoms with Gasteiger partial charge >= 0.3 is 11.9 Å². The van der Waals surface area contributed by atoms with E-state index in [1.807, 2.05) is 0 Å². The quantitative estimate of drug-likeness (QED) is 0.531. The van der Waals surface area contributed by atoms with Crippen LogP contribution < -0.4 is 16.2 Å². The molecule has 1 aliphatic rings. The van der Waals surface area contributed by atoms with Gasteiger partial charge in [-0.3, -0.25) is 0 Å². The van der Waals surface area contributed by atoms with Gasteiger partial charge in [-0.2, -0.15) is 0 Å². The molecule has 7 nitrogen and oxygen atoms in total. The van der Waals surface area contributed by atoms with Crippen LogP contribution in [0.2, 0.25) is 0 Å². The lowest BCUT2D eigenvalue weighted by atomic mass is 9.91. The van der Waals surface area contributed by atoms with Gasteiger partial charge in [-0.25, -0.2) is 9.59 Å². The van der Waals surface area contributed by atoms with Crippen LogP contribution in [0.15, 0.2) is 24.3 Å². The number of fused-ring (bicyclic) bond motifs is 2. The highest BCUT2D eigenvalue weighted by atomic mass is 16.5. The van der Waals surface area contributed by atoms with Gasteiger partial charge in [0.1, 0.15) is 11.5 Å². The summed E-state index contributed by atoms with van der Waals surface area (Å²) in [5.41, 5.74) is 12.1. The summed E-state index contributed by atoms with van der Waals surface area (Å²) in [6.07, 6.45) is 0.0734. The highest BCUT2D eigenvalue weighted by Gasteiger charge is 2.28. The molecule has 112 valence electrons. The maximum absolute atomic E-state index is 11.4. The Balaban J connectivity index is 2.24. The van der Waals surface area contributed by atoms with Crippen LogP contribution in [-0.4, -0.2) is 22.2 Å². The number of carboxylic acids is 2. The zero-order valence-corrected chi connectivity index (χ0v) is 11.3. The molecule has 2 aromatic carbocycles. The van der Waals surface area contributed by atoms with Crippen molar-refractivity contribution in [2.45, 2.75) is 6.42 Å². The van der Waals surface area contributed by atoms with Crippen LogP contribution >= 0.6 is 0 Å². The zero-order valence-electron chi connectivity index (χ0n) is 11.3. The number of ether oxygens (including phenoxy) is 1. The number of carboxylic acid groups (broad SMARTS) is 2. The molecule has 3 rings (SSSR count). The molecule has 0 spiro atoms. The average molecular weight is 300 g/mol. The van der Waals surface area contributed by atoms with Crippen molar-refractivity contribution in [2.24, 2.45) is 0 Å². The monoisotopic (exact) mass is 300 g/mol. The smallest absolute Gasteiger partial charge is 0.338 e. The first-order valence-corrected chi connectivity index (χ1v) is 6.37. The Morgan fingerprint density at radius 2 is 1.27 bits per heavy atom. The third-order valence-electron chi connectivity index (χ3n) is 3.61. The number of rotatable bonds is 2.